The van der Waals surface area contributed by atoms with Crippen LogP contribution in [0.5, 0.6) is 11.5 Å². The zero-order valence-corrected chi connectivity index (χ0v) is 21.8. The molecule has 1 amide bonds. The number of ether oxygens (including phenoxy) is 3. The second-order valence-corrected chi connectivity index (χ2v) is 9.88. The van der Waals surface area contributed by atoms with Crippen LogP contribution in [-0.2, 0) is 16.1 Å². The summed E-state index contributed by atoms with van der Waals surface area (Å²) in [5.41, 5.74) is 2.38. The van der Waals surface area contributed by atoms with Crippen LogP contribution in [0.25, 0.3) is 0 Å². The Balaban J connectivity index is 0.00000400. The first-order valence-electron chi connectivity index (χ1n) is 13.1. The topological polar surface area (TPSA) is 94.4 Å². The lowest BCUT2D eigenvalue weighted by Crippen LogP contribution is -2.44. The van der Waals surface area contributed by atoms with Gasteiger partial charge < -0.3 is 24.0 Å². The summed E-state index contributed by atoms with van der Waals surface area (Å²) in [4.78, 5) is 27.7. The molecule has 0 atom stereocenters. The molecular weight excluding hydrogens is 486 g/mol. The SMILES string of the molecule is C.COc1cc(OC2CCN(C(=O)CCN3CCC(OCc4ccc(C)cc4)CC3)CC2)ccc1[N+](=O)[O-]. The van der Waals surface area contributed by atoms with E-state index >= 15 is 0 Å². The molecule has 0 bridgehead atoms. The molecule has 0 N–H and O–H groups in total. The van der Waals surface area contributed by atoms with Gasteiger partial charge in [-0.2, -0.15) is 0 Å². The molecule has 0 radical (unpaired) electrons. The van der Waals surface area contributed by atoms with Crippen molar-refractivity contribution < 1.29 is 23.9 Å². The number of hydrogen-bond acceptors (Lipinski definition) is 7. The fraction of sp³-hybridized carbons (Fsp3) is 0.552. The number of hydrogen-bond donors (Lipinski definition) is 0. The molecule has 9 heteroatoms. The molecule has 0 unspecified atom stereocenters. The monoisotopic (exact) mass is 527 g/mol. The van der Waals surface area contributed by atoms with Crippen molar-refractivity contribution in [1.29, 1.82) is 0 Å². The summed E-state index contributed by atoms with van der Waals surface area (Å²) in [6, 6.07) is 13.0. The van der Waals surface area contributed by atoms with E-state index in [1.54, 1.807) is 12.1 Å². The maximum absolute atomic E-state index is 12.8. The van der Waals surface area contributed by atoms with Gasteiger partial charge in [0.2, 0.25) is 11.7 Å². The van der Waals surface area contributed by atoms with Crippen LogP contribution in [-0.4, -0.2) is 72.7 Å². The van der Waals surface area contributed by atoms with E-state index in [4.69, 9.17) is 14.2 Å². The van der Waals surface area contributed by atoms with Crippen LogP contribution < -0.4 is 9.47 Å². The van der Waals surface area contributed by atoms with Gasteiger partial charge in [0, 0.05) is 64.1 Å². The summed E-state index contributed by atoms with van der Waals surface area (Å²) in [6.45, 7) is 6.75. The molecule has 208 valence electrons. The van der Waals surface area contributed by atoms with Gasteiger partial charge in [-0.3, -0.25) is 14.9 Å². The van der Waals surface area contributed by atoms with Crippen molar-refractivity contribution in [2.24, 2.45) is 0 Å². The molecule has 38 heavy (non-hydrogen) atoms. The standard InChI is InChI=1S/C28H37N3O6.CH4/c1-21-3-5-22(6-4-21)20-36-23-9-14-29(15-10-23)16-13-28(32)30-17-11-24(12-18-30)37-25-7-8-26(31(33)34)27(19-25)35-2;/h3-8,19,23-24H,9-18,20H2,1-2H3;1H4. The zero-order chi connectivity index (χ0) is 26.2. The Kier molecular flexibility index (Phi) is 10.9. The summed E-state index contributed by atoms with van der Waals surface area (Å²) in [5.74, 6) is 0.906. The number of amides is 1. The lowest BCUT2D eigenvalue weighted by molar-refractivity contribution is -0.385. The van der Waals surface area contributed by atoms with Crippen molar-refractivity contribution in [1.82, 2.24) is 9.80 Å². The van der Waals surface area contributed by atoms with Crippen LogP contribution >= 0.6 is 0 Å². The number of likely N-dealkylation sites (tertiary alicyclic amines) is 2. The largest absolute Gasteiger partial charge is 0.490 e. The molecule has 2 aromatic carbocycles. The van der Waals surface area contributed by atoms with Gasteiger partial charge in [0.05, 0.1) is 24.7 Å². The van der Waals surface area contributed by atoms with Crippen molar-refractivity contribution in [3.05, 3.63) is 63.7 Å². The quantitative estimate of drug-likeness (QED) is 0.317. The highest BCUT2D eigenvalue weighted by atomic mass is 16.6. The van der Waals surface area contributed by atoms with Crippen LogP contribution in [0.3, 0.4) is 0 Å². The van der Waals surface area contributed by atoms with Gasteiger partial charge in [-0.1, -0.05) is 37.3 Å². The van der Waals surface area contributed by atoms with Crippen molar-refractivity contribution in [3.8, 4) is 11.5 Å². The molecule has 0 spiro atoms. The second-order valence-electron chi connectivity index (χ2n) is 9.88. The third kappa shape index (κ3) is 8.16. The smallest absolute Gasteiger partial charge is 0.311 e. The van der Waals surface area contributed by atoms with Crippen LogP contribution in [0.2, 0.25) is 0 Å². The Bertz CT molecular complexity index is 1040. The average Bonchev–Trinajstić information content (AvgIpc) is 2.92. The first kappa shape index (κ1) is 29.4. The molecule has 2 aliphatic rings. The Morgan fingerprint density at radius 3 is 2.29 bits per heavy atom. The molecule has 9 nitrogen and oxygen atoms in total. The third-order valence-electron chi connectivity index (χ3n) is 7.23. The van der Waals surface area contributed by atoms with E-state index in [0.29, 0.717) is 31.9 Å². The number of nitro groups is 1. The average molecular weight is 528 g/mol. The number of piperidine rings is 2. The van der Waals surface area contributed by atoms with Crippen molar-refractivity contribution >= 4 is 11.6 Å². The van der Waals surface area contributed by atoms with Gasteiger partial charge in [0.1, 0.15) is 11.9 Å². The molecule has 2 saturated heterocycles. The zero-order valence-electron chi connectivity index (χ0n) is 21.8. The van der Waals surface area contributed by atoms with E-state index in [0.717, 1.165) is 45.3 Å². The van der Waals surface area contributed by atoms with Crippen molar-refractivity contribution in [2.75, 3.05) is 39.8 Å². The number of carbonyl (C=O) groups is 1. The summed E-state index contributed by atoms with van der Waals surface area (Å²) in [6.07, 6.45) is 4.23. The number of benzene rings is 2. The Morgan fingerprint density at radius 1 is 1.00 bits per heavy atom. The van der Waals surface area contributed by atoms with Gasteiger partial charge in [0.25, 0.3) is 0 Å². The molecule has 4 rings (SSSR count). The van der Waals surface area contributed by atoms with Crippen molar-refractivity contribution in [3.63, 3.8) is 0 Å². The maximum Gasteiger partial charge on any atom is 0.311 e. The highest BCUT2D eigenvalue weighted by Gasteiger charge is 2.26. The summed E-state index contributed by atoms with van der Waals surface area (Å²) < 4.78 is 17.2. The molecule has 0 aliphatic carbocycles. The number of carbonyl (C=O) groups excluding carboxylic acids is 1. The fourth-order valence-electron chi connectivity index (χ4n) is 4.91. The number of methoxy groups -OCH3 is 1. The van der Waals surface area contributed by atoms with Crippen LogP contribution in [0.1, 0.15) is 50.7 Å². The van der Waals surface area contributed by atoms with Gasteiger partial charge in [-0.15, -0.1) is 0 Å². The first-order chi connectivity index (χ1) is 17.9. The highest BCUT2D eigenvalue weighted by Crippen LogP contribution is 2.32. The van der Waals surface area contributed by atoms with Gasteiger partial charge in [-0.25, -0.2) is 0 Å². The van der Waals surface area contributed by atoms with E-state index in [1.807, 2.05) is 4.90 Å². The van der Waals surface area contributed by atoms with Crippen molar-refractivity contribution in [2.45, 2.75) is 65.3 Å². The van der Waals surface area contributed by atoms with Crippen LogP contribution in [0.4, 0.5) is 5.69 Å². The van der Waals surface area contributed by atoms with Gasteiger partial charge >= 0.3 is 5.69 Å². The molecule has 2 heterocycles. The number of nitro benzene ring substituents is 1. The first-order valence-corrected chi connectivity index (χ1v) is 13.1. The number of aryl methyl sites for hydroxylation is 1. The molecular formula is C29H41N3O6. The molecule has 2 aromatic rings. The summed E-state index contributed by atoms with van der Waals surface area (Å²) in [5, 5.41) is 11.1. The Hall–Kier alpha value is -3.17. The minimum absolute atomic E-state index is 0. The lowest BCUT2D eigenvalue weighted by atomic mass is 10.1. The summed E-state index contributed by atoms with van der Waals surface area (Å²) >= 11 is 0. The Labute approximate surface area is 225 Å². The van der Waals surface area contributed by atoms with E-state index in [-0.39, 0.29) is 37.0 Å². The van der Waals surface area contributed by atoms with Gasteiger partial charge in [0.15, 0.2) is 0 Å². The maximum atomic E-state index is 12.8. The molecule has 0 saturated carbocycles. The fourth-order valence-corrected chi connectivity index (χ4v) is 4.91. The van der Waals surface area contributed by atoms with E-state index in [9.17, 15) is 14.9 Å². The molecule has 0 aromatic heterocycles. The van der Waals surface area contributed by atoms with E-state index in [1.165, 1.54) is 24.3 Å². The van der Waals surface area contributed by atoms with Gasteiger partial charge in [-0.05, 0) is 31.4 Å². The second kappa shape index (κ2) is 14.1. The minimum atomic E-state index is -0.477. The highest BCUT2D eigenvalue weighted by molar-refractivity contribution is 5.76. The van der Waals surface area contributed by atoms with Crippen LogP contribution in [0.15, 0.2) is 42.5 Å². The molecule has 2 fully saturated rings. The molecule has 2 aliphatic heterocycles. The Morgan fingerprint density at radius 2 is 1.66 bits per heavy atom. The third-order valence-corrected chi connectivity index (χ3v) is 7.23. The number of rotatable bonds is 10. The van der Waals surface area contributed by atoms with Crippen LogP contribution in [0, 0.1) is 17.0 Å². The predicted octanol–water partition coefficient (Wildman–Crippen LogP) is 4.99. The van der Waals surface area contributed by atoms with E-state index < -0.39 is 4.92 Å². The minimum Gasteiger partial charge on any atom is -0.490 e. The normalized spacial score (nSPS) is 17.1. The lowest BCUT2D eigenvalue weighted by Gasteiger charge is -2.34. The van der Waals surface area contributed by atoms with E-state index in [2.05, 4.69) is 36.1 Å². The predicted molar refractivity (Wildman–Crippen MR) is 147 cm³/mol. The summed E-state index contributed by atoms with van der Waals surface area (Å²) in [7, 11) is 1.40. The number of nitrogens with zero attached hydrogens (tertiary/aromatic N) is 3.